The molecule has 1 saturated heterocycles. The van der Waals surface area contributed by atoms with Crippen LogP contribution in [0.1, 0.15) is 64.8 Å². The van der Waals surface area contributed by atoms with E-state index in [2.05, 4.69) is 28.7 Å². The van der Waals surface area contributed by atoms with E-state index < -0.39 is 29.3 Å². The highest BCUT2D eigenvalue weighted by Gasteiger charge is 2.36. The lowest BCUT2D eigenvalue weighted by Gasteiger charge is -2.40. The van der Waals surface area contributed by atoms with Gasteiger partial charge in [-0.3, -0.25) is 4.98 Å². The number of benzene rings is 1. The van der Waals surface area contributed by atoms with Crippen LogP contribution < -0.4 is 14.4 Å². The number of anilines is 1. The van der Waals surface area contributed by atoms with Crippen molar-refractivity contribution in [2.24, 2.45) is 5.41 Å². The minimum absolute atomic E-state index is 0.0887. The van der Waals surface area contributed by atoms with E-state index >= 15 is 4.39 Å². The number of para-hydroxylation sites is 1. The van der Waals surface area contributed by atoms with E-state index in [0.717, 1.165) is 12.8 Å². The summed E-state index contributed by atoms with van der Waals surface area (Å²) >= 11 is 5.97. The molecule has 3 aromatic rings. The second-order valence-corrected chi connectivity index (χ2v) is 12.8. The zero-order chi connectivity index (χ0) is 31.5. The third-order valence-electron chi connectivity index (χ3n) is 7.28. The summed E-state index contributed by atoms with van der Waals surface area (Å²) in [4.78, 5) is 23.4. The average Bonchev–Trinajstić information content (AvgIpc) is 2.91. The Morgan fingerprint density at radius 1 is 1.09 bits per heavy atom. The van der Waals surface area contributed by atoms with Crippen LogP contribution in [-0.2, 0) is 9.53 Å². The highest BCUT2D eigenvalue weighted by Crippen LogP contribution is 2.43. The van der Waals surface area contributed by atoms with Gasteiger partial charge in [0.1, 0.15) is 13.2 Å². The molecule has 1 N–H and O–H groups in total. The van der Waals surface area contributed by atoms with Crippen LogP contribution in [0.25, 0.3) is 11.1 Å². The largest absolute Gasteiger partial charge is 0.485 e. The number of nitrogens with zero attached hydrogens (tertiary/aromatic N) is 3. The van der Waals surface area contributed by atoms with Gasteiger partial charge in [-0.2, -0.15) is 0 Å². The molecule has 1 aliphatic heterocycles. The number of carboxylic acids is 1. The van der Waals surface area contributed by atoms with Gasteiger partial charge in [0.25, 0.3) is 5.88 Å². The van der Waals surface area contributed by atoms with Crippen LogP contribution in [0.5, 0.6) is 11.6 Å². The molecule has 0 aliphatic carbocycles. The van der Waals surface area contributed by atoms with Gasteiger partial charge in [0, 0.05) is 47.9 Å². The number of ether oxygens (including phenoxy) is 3. The first-order valence-electron chi connectivity index (χ1n) is 14.2. The van der Waals surface area contributed by atoms with Gasteiger partial charge in [-0.15, -0.1) is 0 Å². The zero-order valence-electron chi connectivity index (χ0n) is 25.3. The molecule has 2 aromatic heterocycles. The quantitative estimate of drug-likeness (QED) is 0.235. The van der Waals surface area contributed by atoms with Gasteiger partial charge in [0.2, 0.25) is 0 Å². The summed E-state index contributed by atoms with van der Waals surface area (Å²) in [6, 6.07) is 5.47. The number of pyridine rings is 2. The smallest absolute Gasteiger partial charge is 0.337 e. The molecule has 0 amide bonds. The highest BCUT2D eigenvalue weighted by atomic mass is 35.5. The number of carbonyl (C=O) groups is 1. The molecule has 3 heterocycles. The molecule has 43 heavy (non-hydrogen) atoms. The summed E-state index contributed by atoms with van der Waals surface area (Å²) in [7, 11) is 0. The van der Waals surface area contributed by atoms with E-state index in [9.17, 15) is 14.3 Å². The van der Waals surface area contributed by atoms with Gasteiger partial charge in [0.15, 0.2) is 23.5 Å². The van der Waals surface area contributed by atoms with Crippen LogP contribution in [0.2, 0.25) is 5.02 Å². The van der Waals surface area contributed by atoms with E-state index in [1.807, 2.05) is 0 Å². The lowest BCUT2D eigenvalue weighted by molar-refractivity contribution is -0.160. The SMILES string of the molecule is Cc1ncc(-c2cnc(OCCOc3c(F)cccc3Cl)c(F)c2)c(N2CCC(C)(C)CC2)c1[C@H](OC(C)(C)C)C(=O)O. The monoisotopic (exact) mass is 617 g/mol. The van der Waals surface area contributed by atoms with Crippen molar-refractivity contribution >= 4 is 23.3 Å². The van der Waals surface area contributed by atoms with E-state index in [1.54, 1.807) is 33.9 Å². The van der Waals surface area contributed by atoms with Gasteiger partial charge in [-0.05, 0) is 64.2 Å². The molecule has 0 unspecified atom stereocenters. The highest BCUT2D eigenvalue weighted by molar-refractivity contribution is 6.32. The van der Waals surface area contributed by atoms with Crippen molar-refractivity contribution in [2.45, 2.75) is 66.1 Å². The average molecular weight is 618 g/mol. The molecule has 1 aliphatic rings. The Balaban J connectivity index is 1.66. The van der Waals surface area contributed by atoms with Crippen LogP contribution in [0.15, 0.2) is 36.7 Å². The number of piperidine rings is 1. The Kier molecular flexibility index (Phi) is 9.81. The molecule has 4 rings (SSSR count). The second-order valence-electron chi connectivity index (χ2n) is 12.4. The fourth-order valence-corrected chi connectivity index (χ4v) is 5.20. The number of hydrogen-bond acceptors (Lipinski definition) is 7. The Morgan fingerprint density at radius 3 is 2.37 bits per heavy atom. The predicted octanol–water partition coefficient (Wildman–Crippen LogP) is 7.41. The molecule has 1 atom stereocenters. The molecule has 0 saturated carbocycles. The van der Waals surface area contributed by atoms with Crippen molar-refractivity contribution in [2.75, 3.05) is 31.2 Å². The van der Waals surface area contributed by atoms with Crippen LogP contribution in [0, 0.1) is 24.0 Å². The predicted molar refractivity (Wildman–Crippen MR) is 161 cm³/mol. The van der Waals surface area contributed by atoms with Crippen molar-refractivity contribution in [3.63, 3.8) is 0 Å². The number of hydrogen-bond donors (Lipinski definition) is 1. The topological polar surface area (TPSA) is 94.0 Å². The summed E-state index contributed by atoms with van der Waals surface area (Å²) in [6.45, 7) is 12.7. The Morgan fingerprint density at radius 2 is 1.77 bits per heavy atom. The fraction of sp³-hybridized carbons (Fsp3) is 0.469. The molecule has 0 spiro atoms. The number of rotatable bonds is 10. The van der Waals surface area contributed by atoms with Crippen molar-refractivity contribution in [3.05, 3.63) is 64.6 Å². The maximum absolute atomic E-state index is 15.3. The number of aryl methyl sites for hydroxylation is 1. The van der Waals surface area contributed by atoms with Crippen LogP contribution in [0.3, 0.4) is 0 Å². The Labute approximate surface area is 256 Å². The van der Waals surface area contributed by atoms with Crippen molar-refractivity contribution < 1.29 is 32.9 Å². The number of carboxylic acid groups (broad SMARTS) is 1. The summed E-state index contributed by atoms with van der Waals surface area (Å²) in [6.07, 6.45) is 3.57. The molecule has 1 fully saturated rings. The minimum Gasteiger partial charge on any atom is -0.485 e. The van der Waals surface area contributed by atoms with Gasteiger partial charge in [-0.25, -0.2) is 18.6 Å². The summed E-state index contributed by atoms with van der Waals surface area (Å²) in [5.41, 5.74) is 1.94. The molecule has 0 bridgehead atoms. The van der Waals surface area contributed by atoms with Gasteiger partial charge in [-0.1, -0.05) is 31.5 Å². The van der Waals surface area contributed by atoms with E-state index in [0.29, 0.717) is 41.2 Å². The van der Waals surface area contributed by atoms with Crippen LogP contribution in [0.4, 0.5) is 14.5 Å². The molecule has 8 nitrogen and oxygen atoms in total. The minimum atomic E-state index is -1.29. The Bertz CT molecular complexity index is 1450. The third-order valence-corrected chi connectivity index (χ3v) is 7.58. The van der Waals surface area contributed by atoms with E-state index in [4.69, 9.17) is 25.8 Å². The van der Waals surface area contributed by atoms with Crippen molar-refractivity contribution in [1.82, 2.24) is 9.97 Å². The van der Waals surface area contributed by atoms with E-state index in [-0.39, 0.29) is 35.3 Å². The van der Waals surface area contributed by atoms with Gasteiger partial charge < -0.3 is 24.2 Å². The van der Waals surface area contributed by atoms with Crippen molar-refractivity contribution in [1.29, 1.82) is 0 Å². The second kappa shape index (κ2) is 13.0. The standard InChI is InChI=1S/C32H38ClF2N3O5/c1-19-25(28(30(39)40)43-31(2,3)4)26(38-12-10-32(5,6)11-13-38)21(18-36-19)20-16-24(35)29(37-17-20)42-15-14-41-27-22(33)8-7-9-23(27)34/h7-9,16-18,28H,10-15H2,1-6H3,(H,39,40)/t28-/m0/s1. The zero-order valence-corrected chi connectivity index (χ0v) is 26.1. The molecule has 1 aromatic carbocycles. The third kappa shape index (κ3) is 7.92. The fourth-order valence-electron chi connectivity index (χ4n) is 4.98. The molecule has 0 radical (unpaired) electrons. The first-order chi connectivity index (χ1) is 20.2. The molecular weight excluding hydrogens is 580 g/mol. The summed E-state index contributed by atoms with van der Waals surface area (Å²) in [5.74, 6) is -2.84. The summed E-state index contributed by atoms with van der Waals surface area (Å²) in [5, 5.41) is 10.4. The lowest BCUT2D eigenvalue weighted by Crippen LogP contribution is -2.39. The first kappa shape index (κ1) is 32.4. The maximum Gasteiger partial charge on any atom is 0.337 e. The summed E-state index contributed by atoms with van der Waals surface area (Å²) < 4.78 is 46.1. The lowest BCUT2D eigenvalue weighted by atomic mass is 9.82. The van der Waals surface area contributed by atoms with Crippen LogP contribution >= 0.6 is 11.6 Å². The number of aliphatic carboxylic acids is 1. The Hall–Kier alpha value is -3.50. The van der Waals surface area contributed by atoms with E-state index in [1.165, 1.54) is 30.5 Å². The first-order valence-corrected chi connectivity index (χ1v) is 14.6. The van der Waals surface area contributed by atoms with Crippen molar-refractivity contribution in [3.8, 4) is 22.8 Å². The number of halogens is 3. The van der Waals surface area contributed by atoms with Gasteiger partial charge in [0.05, 0.1) is 16.3 Å². The number of aromatic nitrogens is 2. The maximum atomic E-state index is 15.3. The van der Waals surface area contributed by atoms with Crippen LogP contribution in [-0.4, -0.2) is 52.9 Å². The molecule has 11 heteroatoms. The molecule has 232 valence electrons. The van der Waals surface area contributed by atoms with Gasteiger partial charge >= 0.3 is 5.97 Å². The molecular formula is C32H38ClF2N3O5. The normalized spacial score (nSPS) is 15.7.